The number of nitrogens with zero attached hydrogens (tertiary/aromatic N) is 3. The zero-order valence-electron chi connectivity index (χ0n) is 19.3. The Hall–Kier alpha value is -2.99. The van der Waals surface area contributed by atoms with Crippen molar-refractivity contribution in [2.24, 2.45) is 5.92 Å². The van der Waals surface area contributed by atoms with Crippen molar-refractivity contribution < 1.29 is 37.1 Å². The molecule has 2 heterocycles. The highest BCUT2D eigenvalue weighted by Gasteiger charge is 2.30. The molecule has 2 fully saturated rings. The minimum absolute atomic E-state index is 0.0323. The van der Waals surface area contributed by atoms with Crippen LogP contribution in [0.2, 0.25) is 0 Å². The second-order valence-corrected chi connectivity index (χ2v) is 10.1. The van der Waals surface area contributed by atoms with E-state index >= 15 is 0 Å². The molecule has 0 atom stereocenters. The van der Waals surface area contributed by atoms with E-state index in [1.54, 1.807) is 4.90 Å². The lowest BCUT2D eigenvalue weighted by Crippen LogP contribution is -2.49. The summed E-state index contributed by atoms with van der Waals surface area (Å²) in [7, 11) is -2.43. The average Bonchev–Trinajstić information content (AvgIpc) is 2.86. The van der Waals surface area contributed by atoms with Crippen LogP contribution in [0.3, 0.4) is 0 Å². The summed E-state index contributed by atoms with van der Waals surface area (Å²) < 4.78 is 36.8. The number of esters is 2. The van der Waals surface area contributed by atoms with E-state index in [1.807, 2.05) is 0 Å². The molecule has 0 aliphatic carbocycles. The summed E-state index contributed by atoms with van der Waals surface area (Å²) in [6.45, 7) is 2.81. The van der Waals surface area contributed by atoms with Crippen LogP contribution in [0.1, 0.15) is 30.1 Å². The van der Waals surface area contributed by atoms with Gasteiger partial charge in [0.2, 0.25) is 15.9 Å². The van der Waals surface area contributed by atoms with E-state index in [0.717, 1.165) is 0 Å². The van der Waals surface area contributed by atoms with Crippen molar-refractivity contribution in [3.8, 4) is 0 Å². The fourth-order valence-corrected chi connectivity index (χ4v) is 5.41. The zero-order chi connectivity index (χ0) is 24.9. The molecule has 34 heavy (non-hydrogen) atoms. The number of likely N-dealkylation sites (tertiary alicyclic amines) is 1. The van der Waals surface area contributed by atoms with Crippen molar-refractivity contribution in [3.63, 3.8) is 0 Å². The minimum atomic E-state index is -3.76. The third kappa shape index (κ3) is 5.92. The average molecular weight is 496 g/mol. The van der Waals surface area contributed by atoms with Gasteiger partial charge in [0, 0.05) is 46.2 Å². The van der Waals surface area contributed by atoms with Gasteiger partial charge in [-0.2, -0.15) is 4.31 Å². The summed E-state index contributed by atoms with van der Waals surface area (Å²) in [6, 6.07) is 5.33. The molecule has 2 saturated heterocycles. The van der Waals surface area contributed by atoms with E-state index in [2.05, 4.69) is 0 Å². The number of hydrogen-bond donors (Lipinski definition) is 0. The third-order valence-corrected chi connectivity index (χ3v) is 8.03. The van der Waals surface area contributed by atoms with Crippen LogP contribution in [0.4, 0.5) is 0 Å². The van der Waals surface area contributed by atoms with Crippen LogP contribution in [-0.4, -0.2) is 99.3 Å². The molecule has 1 aromatic carbocycles. The quantitative estimate of drug-likeness (QED) is 0.508. The molecular weight excluding hydrogens is 466 g/mol. The number of rotatable bonds is 6. The van der Waals surface area contributed by atoms with Crippen molar-refractivity contribution in [1.82, 2.24) is 14.1 Å². The molecule has 2 aliphatic rings. The van der Waals surface area contributed by atoms with Crippen molar-refractivity contribution in [1.29, 1.82) is 0 Å². The molecule has 0 aromatic heterocycles. The maximum absolute atomic E-state index is 12.8. The summed E-state index contributed by atoms with van der Waals surface area (Å²) in [5.41, 5.74) is 0.123. The van der Waals surface area contributed by atoms with Crippen molar-refractivity contribution in [2.45, 2.75) is 24.7 Å². The minimum Gasteiger partial charge on any atom is -0.469 e. The van der Waals surface area contributed by atoms with Crippen LogP contribution in [0, 0.1) is 5.92 Å². The van der Waals surface area contributed by atoms with Crippen molar-refractivity contribution in [2.75, 3.05) is 53.0 Å². The molecule has 11 nitrogen and oxygen atoms in total. The first-order valence-corrected chi connectivity index (χ1v) is 12.5. The molecule has 186 valence electrons. The van der Waals surface area contributed by atoms with Crippen LogP contribution in [-0.2, 0) is 33.9 Å². The predicted molar refractivity (Wildman–Crippen MR) is 119 cm³/mol. The van der Waals surface area contributed by atoms with E-state index in [9.17, 15) is 27.6 Å². The Labute approximate surface area is 198 Å². The molecule has 2 amide bonds. The Morgan fingerprint density at radius 1 is 0.912 bits per heavy atom. The fourth-order valence-electron chi connectivity index (χ4n) is 3.99. The smallest absolute Gasteiger partial charge is 0.338 e. The number of methoxy groups -OCH3 is 1. The van der Waals surface area contributed by atoms with Gasteiger partial charge in [-0.25, -0.2) is 13.2 Å². The molecule has 0 spiro atoms. The molecule has 0 saturated carbocycles. The zero-order valence-corrected chi connectivity index (χ0v) is 20.1. The summed E-state index contributed by atoms with van der Waals surface area (Å²) in [6.07, 6.45) is 0.984. The van der Waals surface area contributed by atoms with E-state index in [-0.39, 0.29) is 47.3 Å². The van der Waals surface area contributed by atoms with Gasteiger partial charge in [0.05, 0.1) is 23.5 Å². The topological polar surface area (TPSA) is 131 Å². The third-order valence-electron chi connectivity index (χ3n) is 6.12. The van der Waals surface area contributed by atoms with E-state index < -0.39 is 22.6 Å². The molecule has 2 aliphatic heterocycles. The van der Waals surface area contributed by atoms with Crippen LogP contribution in [0.15, 0.2) is 29.2 Å². The Kier molecular flexibility index (Phi) is 8.26. The number of piperidine rings is 1. The molecule has 12 heteroatoms. The lowest BCUT2D eigenvalue weighted by molar-refractivity contribution is -0.149. The van der Waals surface area contributed by atoms with Gasteiger partial charge < -0.3 is 19.3 Å². The lowest BCUT2D eigenvalue weighted by Gasteiger charge is -2.33. The normalized spacial score (nSPS) is 17.8. The van der Waals surface area contributed by atoms with Crippen molar-refractivity contribution >= 4 is 33.8 Å². The summed E-state index contributed by atoms with van der Waals surface area (Å²) >= 11 is 0. The summed E-state index contributed by atoms with van der Waals surface area (Å²) in [5, 5.41) is 0. The van der Waals surface area contributed by atoms with Gasteiger partial charge in [0.25, 0.3) is 5.91 Å². The Balaban J connectivity index is 1.51. The second-order valence-electron chi connectivity index (χ2n) is 8.19. The van der Waals surface area contributed by atoms with Gasteiger partial charge in [0.1, 0.15) is 0 Å². The Morgan fingerprint density at radius 2 is 1.50 bits per heavy atom. The highest BCUT2D eigenvalue weighted by Crippen LogP contribution is 2.20. The first kappa shape index (κ1) is 25.6. The molecule has 1 aromatic rings. The van der Waals surface area contributed by atoms with Gasteiger partial charge in [-0.05, 0) is 37.1 Å². The molecule has 0 radical (unpaired) electrons. The number of piperazine rings is 1. The Bertz CT molecular complexity index is 1020. The number of sulfonamides is 1. The number of carbonyl (C=O) groups is 4. The number of hydrogen-bond acceptors (Lipinski definition) is 8. The maximum Gasteiger partial charge on any atom is 0.338 e. The van der Waals surface area contributed by atoms with Crippen LogP contribution < -0.4 is 0 Å². The molecule has 0 unspecified atom stereocenters. The van der Waals surface area contributed by atoms with Gasteiger partial charge in [-0.1, -0.05) is 0 Å². The van der Waals surface area contributed by atoms with Crippen LogP contribution in [0.25, 0.3) is 0 Å². The first-order chi connectivity index (χ1) is 16.1. The highest BCUT2D eigenvalue weighted by molar-refractivity contribution is 7.89. The highest BCUT2D eigenvalue weighted by atomic mass is 32.2. The number of benzene rings is 1. The lowest BCUT2D eigenvalue weighted by atomic mass is 9.97. The summed E-state index contributed by atoms with van der Waals surface area (Å²) in [4.78, 5) is 50.8. The molecule has 0 bridgehead atoms. The fraction of sp³-hybridized carbons (Fsp3) is 0.545. The molecule has 0 N–H and O–H groups in total. The number of carbonyl (C=O) groups excluding carboxylic acids is 4. The molecule has 3 rings (SSSR count). The Morgan fingerprint density at radius 3 is 2.03 bits per heavy atom. The first-order valence-electron chi connectivity index (χ1n) is 11.0. The second kappa shape index (κ2) is 11.0. The van der Waals surface area contributed by atoms with Gasteiger partial charge in [-0.3, -0.25) is 14.4 Å². The van der Waals surface area contributed by atoms with Crippen LogP contribution >= 0.6 is 0 Å². The van der Waals surface area contributed by atoms with Gasteiger partial charge in [-0.15, -0.1) is 0 Å². The van der Waals surface area contributed by atoms with Gasteiger partial charge in [0.15, 0.2) is 6.61 Å². The van der Waals surface area contributed by atoms with E-state index in [0.29, 0.717) is 39.0 Å². The SMILES string of the molecule is COC(=O)C1CCN(C(=O)COC(=O)c2ccc(S(=O)(=O)N3CCN(C(C)=O)CC3)cc2)CC1. The monoisotopic (exact) mass is 495 g/mol. The summed E-state index contributed by atoms with van der Waals surface area (Å²) in [5.74, 6) is -1.71. The van der Waals surface area contributed by atoms with Gasteiger partial charge >= 0.3 is 11.9 Å². The van der Waals surface area contributed by atoms with E-state index in [1.165, 1.54) is 47.5 Å². The van der Waals surface area contributed by atoms with Crippen molar-refractivity contribution in [3.05, 3.63) is 29.8 Å². The van der Waals surface area contributed by atoms with Crippen LogP contribution in [0.5, 0.6) is 0 Å². The van der Waals surface area contributed by atoms with E-state index in [4.69, 9.17) is 9.47 Å². The number of amides is 2. The predicted octanol–water partition coefficient (Wildman–Crippen LogP) is 0.108. The maximum atomic E-state index is 12.8. The molecular formula is C22H29N3O8S. The number of ether oxygens (including phenoxy) is 2. The largest absolute Gasteiger partial charge is 0.469 e. The standard InChI is InChI=1S/C22H29N3O8S/c1-16(26)23-11-13-25(14-12-23)34(30,31)19-5-3-17(4-6-19)22(29)33-15-20(27)24-9-7-18(8-10-24)21(28)32-2/h3-6,18H,7-15H2,1-2H3.